The van der Waals surface area contributed by atoms with Crippen LogP contribution in [0.4, 0.5) is 0 Å². The number of hydrogen-bond donors (Lipinski definition) is 10. The third-order valence-corrected chi connectivity index (χ3v) is 8.64. The number of rotatable bonds is 22. The molecule has 0 saturated carbocycles. The van der Waals surface area contributed by atoms with E-state index in [1.54, 1.807) is 0 Å². The zero-order chi connectivity index (χ0) is 34.5. The molecule has 10 N–H and O–H groups in total. The average molecular weight is 673 g/mol. The van der Waals surface area contributed by atoms with Crippen molar-refractivity contribution in [2.24, 2.45) is 0 Å². The SMILES string of the molecule is CCCCCCCO[C@@]1(O)[C@@H](O)[C@@H](O)[C@@H](CO)O[C@@]1(CC(C)O)O[C@H]1[C@@H](O)[C@@H](CO)O[C@](O)(CC(O)COCCCCCC)[C@@H]1O. The van der Waals surface area contributed by atoms with Crippen molar-refractivity contribution in [2.75, 3.05) is 33.0 Å². The number of unbranched alkanes of at least 4 members (excludes halogenated alkanes) is 7. The van der Waals surface area contributed by atoms with Crippen molar-refractivity contribution < 1.29 is 74.7 Å². The van der Waals surface area contributed by atoms with Crippen molar-refractivity contribution in [3.63, 3.8) is 0 Å². The molecule has 46 heavy (non-hydrogen) atoms. The lowest BCUT2D eigenvalue weighted by molar-refractivity contribution is -0.490. The summed E-state index contributed by atoms with van der Waals surface area (Å²) >= 11 is 0. The molecule has 0 aliphatic carbocycles. The Morgan fingerprint density at radius 3 is 1.87 bits per heavy atom. The highest BCUT2D eigenvalue weighted by atomic mass is 16.8. The molecule has 0 amide bonds. The largest absolute Gasteiger partial charge is 0.394 e. The molecule has 2 unspecified atom stereocenters. The first kappa shape index (κ1) is 41.6. The maximum absolute atomic E-state index is 11.9. The van der Waals surface area contributed by atoms with Crippen molar-refractivity contribution in [1.29, 1.82) is 0 Å². The van der Waals surface area contributed by atoms with Crippen LogP contribution in [0.25, 0.3) is 0 Å². The third kappa shape index (κ3) is 10.5. The molecule has 12 atom stereocenters. The monoisotopic (exact) mass is 672 g/mol. The van der Waals surface area contributed by atoms with Gasteiger partial charge in [0, 0.05) is 19.4 Å². The Balaban J connectivity index is 2.40. The molecule has 15 heteroatoms. The zero-order valence-corrected chi connectivity index (χ0v) is 27.5. The van der Waals surface area contributed by atoms with E-state index in [0.717, 1.165) is 44.9 Å². The van der Waals surface area contributed by atoms with Crippen LogP contribution < -0.4 is 0 Å². The van der Waals surface area contributed by atoms with E-state index in [9.17, 15) is 51.1 Å². The van der Waals surface area contributed by atoms with Gasteiger partial charge in [0.05, 0.1) is 38.6 Å². The summed E-state index contributed by atoms with van der Waals surface area (Å²) in [6, 6.07) is 0. The fraction of sp³-hybridized carbons (Fsp3) is 1.00. The fourth-order valence-corrected chi connectivity index (χ4v) is 6.05. The van der Waals surface area contributed by atoms with Gasteiger partial charge in [-0.2, -0.15) is 0 Å². The van der Waals surface area contributed by atoms with Crippen LogP contribution in [0.1, 0.15) is 91.4 Å². The Morgan fingerprint density at radius 2 is 1.28 bits per heavy atom. The molecule has 0 radical (unpaired) electrons. The minimum Gasteiger partial charge on any atom is -0.394 e. The summed E-state index contributed by atoms with van der Waals surface area (Å²) in [5, 5.41) is 109. The summed E-state index contributed by atoms with van der Waals surface area (Å²) < 4.78 is 28.6. The lowest BCUT2D eigenvalue weighted by Gasteiger charge is -2.57. The predicted octanol–water partition coefficient (Wildman–Crippen LogP) is -1.22. The van der Waals surface area contributed by atoms with E-state index in [-0.39, 0.29) is 13.2 Å². The number of hydrogen-bond acceptors (Lipinski definition) is 15. The molecule has 0 bridgehead atoms. The smallest absolute Gasteiger partial charge is 0.251 e. The number of aliphatic hydroxyl groups excluding tert-OH is 8. The first-order valence-electron chi connectivity index (χ1n) is 16.8. The van der Waals surface area contributed by atoms with Crippen LogP contribution in [0.3, 0.4) is 0 Å². The van der Waals surface area contributed by atoms with Crippen molar-refractivity contribution >= 4 is 0 Å². The lowest BCUT2D eigenvalue weighted by Crippen LogP contribution is -2.78. The molecule has 2 saturated heterocycles. The first-order chi connectivity index (χ1) is 21.8. The van der Waals surface area contributed by atoms with Gasteiger partial charge in [0.2, 0.25) is 5.79 Å². The van der Waals surface area contributed by atoms with Gasteiger partial charge in [-0.25, -0.2) is 0 Å². The van der Waals surface area contributed by atoms with E-state index in [2.05, 4.69) is 6.92 Å². The Labute approximate surface area is 271 Å². The van der Waals surface area contributed by atoms with Crippen LogP contribution in [0, 0.1) is 0 Å². The Kier molecular flexibility index (Phi) is 17.7. The van der Waals surface area contributed by atoms with Crippen LogP contribution in [-0.4, -0.2) is 156 Å². The molecule has 274 valence electrons. The predicted molar refractivity (Wildman–Crippen MR) is 162 cm³/mol. The molecule has 0 aromatic rings. The highest BCUT2D eigenvalue weighted by molar-refractivity contribution is 5.07. The molecule has 2 aliphatic rings. The molecule has 2 aliphatic heterocycles. The van der Waals surface area contributed by atoms with Gasteiger partial charge in [-0.05, 0) is 19.8 Å². The van der Waals surface area contributed by atoms with E-state index in [1.165, 1.54) is 6.92 Å². The first-order valence-corrected chi connectivity index (χ1v) is 16.8. The summed E-state index contributed by atoms with van der Waals surface area (Å²) in [5.41, 5.74) is 0. The molecule has 0 aromatic heterocycles. The van der Waals surface area contributed by atoms with E-state index >= 15 is 0 Å². The standard InChI is InChI=1S/C31H60O15/c1-4-6-8-10-12-14-43-31(41)27(38)25(37)23(18-33)45-30(31,15-20(3)34)46-26-24(36)22(17-32)44-29(40,28(26)39)16-21(35)19-42-13-11-9-7-5-2/h20-28,32-41H,4-19H2,1-3H3/t20?,21?,22-,23-,24+,25+,26+,27+,28-,29-,30+,31+/m1/s1. The van der Waals surface area contributed by atoms with Crippen molar-refractivity contribution in [3.8, 4) is 0 Å². The van der Waals surface area contributed by atoms with E-state index in [4.69, 9.17) is 23.7 Å². The van der Waals surface area contributed by atoms with Crippen LogP contribution in [0.15, 0.2) is 0 Å². The van der Waals surface area contributed by atoms with Crippen LogP contribution >= 0.6 is 0 Å². The normalized spacial score (nSPS) is 38.2. The summed E-state index contributed by atoms with van der Waals surface area (Å²) in [5.74, 6) is -8.23. The maximum Gasteiger partial charge on any atom is 0.251 e. The molecule has 2 rings (SSSR count). The van der Waals surface area contributed by atoms with Gasteiger partial charge in [-0.15, -0.1) is 0 Å². The van der Waals surface area contributed by atoms with Crippen molar-refractivity contribution in [3.05, 3.63) is 0 Å². The molecule has 2 heterocycles. The van der Waals surface area contributed by atoms with Gasteiger partial charge in [0.25, 0.3) is 5.79 Å². The lowest BCUT2D eigenvalue weighted by atomic mass is 9.84. The van der Waals surface area contributed by atoms with E-state index in [0.29, 0.717) is 19.4 Å². The van der Waals surface area contributed by atoms with Crippen molar-refractivity contribution in [1.82, 2.24) is 0 Å². The van der Waals surface area contributed by atoms with Crippen molar-refractivity contribution in [2.45, 2.75) is 164 Å². The molecular weight excluding hydrogens is 612 g/mol. The average Bonchev–Trinajstić information content (AvgIpc) is 3.01. The van der Waals surface area contributed by atoms with Gasteiger partial charge in [0.1, 0.15) is 42.7 Å². The van der Waals surface area contributed by atoms with E-state index < -0.39 is 98.4 Å². The minimum absolute atomic E-state index is 0.158. The Hall–Kier alpha value is -0.600. The van der Waals surface area contributed by atoms with Crippen LogP contribution in [0.2, 0.25) is 0 Å². The van der Waals surface area contributed by atoms with Gasteiger partial charge in [0.15, 0.2) is 5.79 Å². The fourth-order valence-electron chi connectivity index (χ4n) is 6.05. The molecule has 2 fully saturated rings. The summed E-state index contributed by atoms with van der Waals surface area (Å²) in [6.07, 6.45) is -9.52. The molecule has 0 aromatic carbocycles. The highest BCUT2D eigenvalue weighted by Gasteiger charge is 2.69. The maximum atomic E-state index is 11.9. The van der Waals surface area contributed by atoms with Crippen LogP contribution in [0.5, 0.6) is 0 Å². The van der Waals surface area contributed by atoms with Gasteiger partial charge < -0.3 is 74.7 Å². The van der Waals surface area contributed by atoms with Crippen LogP contribution in [-0.2, 0) is 23.7 Å². The molecular formula is C31H60O15. The minimum atomic E-state index is -2.93. The number of aliphatic hydroxyl groups is 10. The van der Waals surface area contributed by atoms with E-state index in [1.807, 2.05) is 6.92 Å². The second-order valence-corrected chi connectivity index (χ2v) is 12.7. The molecule has 15 nitrogen and oxygen atoms in total. The quantitative estimate of drug-likeness (QED) is 0.0478. The Bertz CT molecular complexity index is 838. The Morgan fingerprint density at radius 1 is 0.717 bits per heavy atom. The number of ether oxygens (including phenoxy) is 5. The summed E-state index contributed by atoms with van der Waals surface area (Å²) in [7, 11) is 0. The second kappa shape index (κ2) is 19.6. The topological polar surface area (TPSA) is 248 Å². The second-order valence-electron chi connectivity index (χ2n) is 12.7. The molecule has 0 spiro atoms. The summed E-state index contributed by atoms with van der Waals surface area (Å²) in [6.45, 7) is 3.65. The zero-order valence-electron chi connectivity index (χ0n) is 27.5. The highest BCUT2D eigenvalue weighted by Crippen LogP contribution is 2.46. The van der Waals surface area contributed by atoms with Gasteiger partial charge >= 0.3 is 0 Å². The van der Waals surface area contributed by atoms with Gasteiger partial charge in [-0.1, -0.05) is 58.8 Å². The van der Waals surface area contributed by atoms with Gasteiger partial charge in [-0.3, -0.25) is 0 Å². The third-order valence-electron chi connectivity index (χ3n) is 8.64. The summed E-state index contributed by atoms with van der Waals surface area (Å²) in [4.78, 5) is 0.